The first-order valence-electron chi connectivity index (χ1n) is 7.15. The quantitative estimate of drug-likeness (QED) is 0.721. The summed E-state index contributed by atoms with van der Waals surface area (Å²) in [7, 11) is 0. The number of rotatable bonds is 4. The van der Waals surface area contributed by atoms with Gasteiger partial charge in [0.05, 0.1) is 5.56 Å². The van der Waals surface area contributed by atoms with E-state index in [0.29, 0.717) is 5.56 Å². The monoisotopic (exact) mass is 344 g/mol. The van der Waals surface area contributed by atoms with E-state index in [2.05, 4.69) is 5.32 Å². The van der Waals surface area contributed by atoms with Crippen molar-refractivity contribution in [3.63, 3.8) is 0 Å². The topological polar surface area (TPSA) is 95.5 Å². The van der Waals surface area contributed by atoms with Crippen LogP contribution in [0.4, 0.5) is 13.2 Å². The van der Waals surface area contributed by atoms with Gasteiger partial charge in [0.1, 0.15) is 12.0 Å². The van der Waals surface area contributed by atoms with Crippen LogP contribution in [-0.2, 0) is 16.1 Å². The number of hydrogen-bond donors (Lipinski definition) is 3. The number of carboxylic acid groups (broad SMARTS) is 1. The molecule has 1 saturated heterocycles. The van der Waals surface area contributed by atoms with Crippen LogP contribution < -0.4 is 10.6 Å². The van der Waals surface area contributed by atoms with Crippen LogP contribution in [0.25, 0.3) is 0 Å². The molecule has 0 saturated carbocycles. The van der Waals surface area contributed by atoms with Gasteiger partial charge in [-0.3, -0.25) is 9.59 Å². The molecule has 1 heterocycles. The summed E-state index contributed by atoms with van der Waals surface area (Å²) in [5, 5.41) is 13.1. The van der Waals surface area contributed by atoms with Gasteiger partial charge in [0.2, 0.25) is 11.8 Å². The molecular weight excluding hydrogens is 329 g/mol. The van der Waals surface area contributed by atoms with Gasteiger partial charge in [-0.05, 0) is 30.5 Å². The Bertz CT molecular complexity index is 643. The highest BCUT2D eigenvalue weighted by Crippen LogP contribution is 2.28. The largest absolute Gasteiger partial charge is 0.478 e. The standard InChI is InChI=1S/C15H15F3N2O4/c16-15(17,18)11-6-5-10(13(22)20-11)12(21)19-7-8-1-3-9(4-2-8)14(23)24/h1-4,10-11H,5-7H2,(H,19,21)(H,20,22)(H,23,24)/t10-,11-/m1/s1. The number of alkyl halides is 3. The number of carbonyl (C=O) groups is 3. The van der Waals surface area contributed by atoms with E-state index in [1.807, 2.05) is 5.32 Å². The van der Waals surface area contributed by atoms with Crippen LogP contribution in [0.2, 0.25) is 0 Å². The Hall–Kier alpha value is -2.58. The van der Waals surface area contributed by atoms with Gasteiger partial charge in [-0.25, -0.2) is 4.79 Å². The molecule has 0 radical (unpaired) electrons. The second kappa shape index (κ2) is 6.90. The van der Waals surface area contributed by atoms with Crippen LogP contribution in [0.1, 0.15) is 28.8 Å². The zero-order valence-corrected chi connectivity index (χ0v) is 12.4. The van der Waals surface area contributed by atoms with E-state index < -0.39 is 35.9 Å². The van der Waals surface area contributed by atoms with Gasteiger partial charge in [-0.15, -0.1) is 0 Å². The third kappa shape index (κ3) is 4.24. The molecule has 130 valence electrons. The summed E-state index contributed by atoms with van der Waals surface area (Å²) in [6.07, 6.45) is -5.05. The van der Waals surface area contributed by atoms with Crippen molar-refractivity contribution in [2.75, 3.05) is 0 Å². The highest BCUT2D eigenvalue weighted by molar-refractivity contribution is 6.00. The Morgan fingerprint density at radius 3 is 2.33 bits per heavy atom. The molecule has 1 aliphatic rings. The summed E-state index contributed by atoms with van der Waals surface area (Å²) in [6, 6.07) is 3.82. The fourth-order valence-electron chi connectivity index (χ4n) is 2.38. The lowest BCUT2D eigenvalue weighted by Gasteiger charge is -2.29. The van der Waals surface area contributed by atoms with Crippen LogP contribution in [0.15, 0.2) is 24.3 Å². The minimum atomic E-state index is -4.52. The van der Waals surface area contributed by atoms with Crippen molar-refractivity contribution in [3.05, 3.63) is 35.4 Å². The van der Waals surface area contributed by atoms with Gasteiger partial charge >= 0.3 is 12.1 Å². The third-order valence-electron chi connectivity index (χ3n) is 3.76. The Morgan fingerprint density at radius 1 is 1.21 bits per heavy atom. The predicted octanol–water partition coefficient (Wildman–Crippen LogP) is 1.46. The number of carboxylic acids is 1. The van der Waals surface area contributed by atoms with Crippen LogP contribution in [0, 0.1) is 5.92 Å². The molecular formula is C15H15F3N2O4. The molecule has 1 aromatic rings. The Balaban J connectivity index is 1.89. The summed E-state index contributed by atoms with van der Waals surface area (Å²) < 4.78 is 37.6. The van der Waals surface area contributed by atoms with Gasteiger partial charge in [0.15, 0.2) is 0 Å². The summed E-state index contributed by atoms with van der Waals surface area (Å²) in [6.45, 7) is 0.0468. The first kappa shape index (κ1) is 17.8. The second-order valence-electron chi connectivity index (χ2n) is 5.45. The van der Waals surface area contributed by atoms with Gasteiger partial charge in [0, 0.05) is 6.54 Å². The van der Waals surface area contributed by atoms with Crippen LogP contribution >= 0.6 is 0 Å². The third-order valence-corrected chi connectivity index (χ3v) is 3.76. The highest BCUT2D eigenvalue weighted by atomic mass is 19.4. The first-order chi connectivity index (χ1) is 11.2. The Morgan fingerprint density at radius 2 is 1.83 bits per heavy atom. The summed E-state index contributed by atoms with van der Waals surface area (Å²) in [4.78, 5) is 34.4. The first-order valence-corrected chi connectivity index (χ1v) is 7.15. The van der Waals surface area contributed by atoms with Crippen LogP contribution in [-0.4, -0.2) is 35.1 Å². The summed E-state index contributed by atoms with van der Waals surface area (Å²) >= 11 is 0. The number of hydrogen-bond acceptors (Lipinski definition) is 3. The smallest absolute Gasteiger partial charge is 0.408 e. The SMILES string of the molecule is O=C(O)c1ccc(CNC(=O)[C@H]2CC[C@H](C(F)(F)F)NC2=O)cc1. The fourth-order valence-corrected chi connectivity index (χ4v) is 2.38. The number of halogens is 3. The number of piperidine rings is 1. The zero-order chi connectivity index (χ0) is 17.9. The van der Waals surface area contributed by atoms with Gasteiger partial charge in [0.25, 0.3) is 0 Å². The van der Waals surface area contributed by atoms with Crippen molar-refractivity contribution in [1.29, 1.82) is 0 Å². The summed E-state index contributed by atoms with van der Waals surface area (Å²) in [5.74, 6) is -3.84. The predicted molar refractivity (Wildman–Crippen MR) is 76.0 cm³/mol. The van der Waals surface area contributed by atoms with E-state index >= 15 is 0 Å². The van der Waals surface area contributed by atoms with E-state index in [1.165, 1.54) is 24.3 Å². The zero-order valence-electron chi connectivity index (χ0n) is 12.4. The molecule has 6 nitrogen and oxygen atoms in total. The number of amides is 2. The van der Waals surface area contributed by atoms with E-state index in [-0.39, 0.29) is 24.9 Å². The normalized spacial score (nSPS) is 21.0. The van der Waals surface area contributed by atoms with E-state index in [1.54, 1.807) is 0 Å². The molecule has 2 rings (SSSR count). The Kier molecular flexibility index (Phi) is 5.10. The number of benzene rings is 1. The molecule has 0 aliphatic carbocycles. The van der Waals surface area contributed by atoms with Gasteiger partial charge in [-0.1, -0.05) is 12.1 Å². The molecule has 1 aromatic carbocycles. The number of nitrogens with one attached hydrogen (secondary N) is 2. The summed E-state index contributed by atoms with van der Waals surface area (Å²) in [5.41, 5.74) is 0.702. The number of aromatic carboxylic acids is 1. The minimum absolute atomic E-state index is 0.0468. The van der Waals surface area contributed by atoms with E-state index in [9.17, 15) is 27.6 Å². The van der Waals surface area contributed by atoms with Crippen molar-refractivity contribution >= 4 is 17.8 Å². The molecule has 2 amide bonds. The fraction of sp³-hybridized carbons (Fsp3) is 0.400. The molecule has 0 aromatic heterocycles. The molecule has 0 unspecified atom stereocenters. The van der Waals surface area contributed by atoms with E-state index in [0.717, 1.165) is 0 Å². The molecule has 0 bridgehead atoms. The molecule has 9 heteroatoms. The van der Waals surface area contributed by atoms with Crippen molar-refractivity contribution in [2.24, 2.45) is 5.92 Å². The second-order valence-corrected chi connectivity index (χ2v) is 5.45. The number of carbonyl (C=O) groups excluding carboxylic acids is 2. The van der Waals surface area contributed by atoms with Crippen molar-refractivity contribution < 1.29 is 32.7 Å². The average Bonchev–Trinajstić information content (AvgIpc) is 2.52. The van der Waals surface area contributed by atoms with Crippen molar-refractivity contribution in [3.8, 4) is 0 Å². The Labute approximate surface area is 135 Å². The molecule has 2 atom stereocenters. The van der Waals surface area contributed by atoms with Gasteiger partial charge < -0.3 is 15.7 Å². The maximum atomic E-state index is 12.5. The van der Waals surface area contributed by atoms with Crippen LogP contribution in [0.3, 0.4) is 0 Å². The highest BCUT2D eigenvalue weighted by Gasteiger charge is 2.45. The maximum Gasteiger partial charge on any atom is 0.408 e. The van der Waals surface area contributed by atoms with E-state index in [4.69, 9.17) is 5.11 Å². The lowest BCUT2D eigenvalue weighted by Crippen LogP contribution is -2.54. The minimum Gasteiger partial charge on any atom is -0.478 e. The average molecular weight is 344 g/mol. The van der Waals surface area contributed by atoms with Gasteiger partial charge in [-0.2, -0.15) is 13.2 Å². The molecule has 1 aliphatic heterocycles. The molecule has 3 N–H and O–H groups in total. The lowest BCUT2D eigenvalue weighted by molar-refractivity contribution is -0.171. The maximum absolute atomic E-state index is 12.5. The van der Waals surface area contributed by atoms with Crippen molar-refractivity contribution in [2.45, 2.75) is 31.6 Å². The van der Waals surface area contributed by atoms with Crippen molar-refractivity contribution in [1.82, 2.24) is 10.6 Å². The molecule has 0 spiro atoms. The lowest BCUT2D eigenvalue weighted by atomic mass is 9.92. The van der Waals surface area contributed by atoms with Crippen LogP contribution in [0.5, 0.6) is 0 Å². The molecule has 1 fully saturated rings. The molecule has 24 heavy (non-hydrogen) atoms.